The second kappa shape index (κ2) is 5.41. The minimum Gasteiger partial charge on any atom is -0.483 e. The van der Waals surface area contributed by atoms with Crippen LogP contribution in [-0.4, -0.2) is 12.5 Å². The van der Waals surface area contributed by atoms with E-state index in [-0.39, 0.29) is 12.5 Å². The van der Waals surface area contributed by atoms with Crippen molar-refractivity contribution in [2.75, 3.05) is 11.5 Å². The normalized spacial score (nSPS) is 14.4. The number of ether oxygens (including phenoxy) is 1. The van der Waals surface area contributed by atoms with E-state index in [9.17, 15) is 4.79 Å². The van der Waals surface area contributed by atoms with E-state index in [1.807, 2.05) is 44.2 Å². The number of amides is 1. The number of carbonyl (C=O) groups is 1. The van der Waals surface area contributed by atoms with Crippen LogP contribution in [0.1, 0.15) is 16.7 Å². The Kier molecular flexibility index (Phi) is 3.60. The molecule has 4 heteroatoms. The number of hydrogen-bond donors (Lipinski definition) is 0. The summed E-state index contributed by atoms with van der Waals surface area (Å²) in [5.74, 6) is 0.677. The Morgan fingerprint density at radius 1 is 1.19 bits per heavy atom. The summed E-state index contributed by atoms with van der Waals surface area (Å²) >= 11 is 6.06. The molecular formula is C17H16ClNO2. The molecule has 0 aromatic heterocycles. The Morgan fingerprint density at radius 3 is 2.81 bits per heavy atom. The summed E-state index contributed by atoms with van der Waals surface area (Å²) in [6.45, 7) is 4.59. The quantitative estimate of drug-likeness (QED) is 0.800. The lowest BCUT2D eigenvalue weighted by molar-refractivity contribution is -0.120. The zero-order valence-electron chi connectivity index (χ0n) is 12.0. The highest BCUT2D eigenvalue weighted by atomic mass is 35.5. The van der Waals surface area contributed by atoms with E-state index in [1.165, 1.54) is 0 Å². The highest BCUT2D eigenvalue weighted by Crippen LogP contribution is 2.31. The molecule has 1 aliphatic rings. The number of halogens is 1. The van der Waals surface area contributed by atoms with Crippen LogP contribution in [0, 0.1) is 13.8 Å². The van der Waals surface area contributed by atoms with Gasteiger partial charge < -0.3 is 9.64 Å². The van der Waals surface area contributed by atoms with Crippen molar-refractivity contribution >= 4 is 23.2 Å². The molecule has 0 bridgehead atoms. The van der Waals surface area contributed by atoms with Crippen LogP contribution >= 0.6 is 11.6 Å². The molecule has 1 heterocycles. The molecule has 1 amide bonds. The molecule has 1 aliphatic heterocycles. The standard InChI is InChI=1S/C17H16ClNO2/c1-11-4-3-5-15(12(11)2)19-9-13-8-14(18)6-7-16(13)21-10-17(19)20/h3-8H,9-10H2,1-2H3. The Hall–Kier alpha value is -2.00. The molecule has 21 heavy (non-hydrogen) atoms. The highest BCUT2D eigenvalue weighted by molar-refractivity contribution is 6.30. The number of benzene rings is 2. The Morgan fingerprint density at radius 2 is 2.00 bits per heavy atom. The van der Waals surface area contributed by atoms with E-state index in [0.29, 0.717) is 11.6 Å². The average Bonchev–Trinajstić information content (AvgIpc) is 2.61. The maximum Gasteiger partial charge on any atom is 0.265 e. The lowest BCUT2D eigenvalue weighted by Gasteiger charge is -2.23. The minimum absolute atomic E-state index is 0.0437. The molecule has 0 fully saturated rings. The fraction of sp³-hybridized carbons (Fsp3) is 0.235. The van der Waals surface area contributed by atoms with Crippen molar-refractivity contribution in [3.05, 3.63) is 58.1 Å². The van der Waals surface area contributed by atoms with Crippen molar-refractivity contribution in [1.29, 1.82) is 0 Å². The molecular weight excluding hydrogens is 286 g/mol. The van der Waals surface area contributed by atoms with Crippen molar-refractivity contribution in [2.45, 2.75) is 20.4 Å². The van der Waals surface area contributed by atoms with Crippen LogP contribution in [0.5, 0.6) is 5.75 Å². The maximum atomic E-state index is 12.4. The fourth-order valence-electron chi connectivity index (χ4n) is 2.54. The van der Waals surface area contributed by atoms with E-state index in [2.05, 4.69) is 0 Å². The Balaban J connectivity index is 2.05. The average molecular weight is 302 g/mol. The molecule has 0 atom stereocenters. The summed E-state index contributed by atoms with van der Waals surface area (Å²) in [7, 11) is 0. The van der Waals surface area contributed by atoms with E-state index >= 15 is 0 Å². The van der Waals surface area contributed by atoms with Gasteiger partial charge in [0.25, 0.3) is 5.91 Å². The molecule has 0 radical (unpaired) electrons. The first-order valence-corrected chi connectivity index (χ1v) is 7.22. The molecule has 0 unspecified atom stereocenters. The first kappa shape index (κ1) is 14.0. The molecule has 0 saturated carbocycles. The van der Waals surface area contributed by atoms with Crippen LogP contribution in [0.15, 0.2) is 36.4 Å². The lowest BCUT2D eigenvalue weighted by atomic mass is 10.1. The number of aryl methyl sites for hydroxylation is 1. The van der Waals surface area contributed by atoms with Gasteiger partial charge in [-0.2, -0.15) is 0 Å². The fourth-order valence-corrected chi connectivity index (χ4v) is 2.73. The molecule has 3 nitrogen and oxygen atoms in total. The molecule has 3 rings (SSSR count). The molecule has 0 aliphatic carbocycles. The van der Waals surface area contributed by atoms with Gasteiger partial charge in [0.1, 0.15) is 5.75 Å². The van der Waals surface area contributed by atoms with Gasteiger partial charge in [-0.3, -0.25) is 4.79 Å². The van der Waals surface area contributed by atoms with Crippen molar-refractivity contribution in [3.8, 4) is 5.75 Å². The smallest absolute Gasteiger partial charge is 0.265 e. The van der Waals surface area contributed by atoms with Gasteiger partial charge >= 0.3 is 0 Å². The number of hydrogen-bond acceptors (Lipinski definition) is 2. The third-order valence-electron chi connectivity index (χ3n) is 3.87. The zero-order valence-corrected chi connectivity index (χ0v) is 12.8. The van der Waals surface area contributed by atoms with E-state index in [1.54, 1.807) is 11.0 Å². The van der Waals surface area contributed by atoms with Crippen LogP contribution in [0.3, 0.4) is 0 Å². The Labute approximate surface area is 129 Å². The summed E-state index contributed by atoms with van der Waals surface area (Å²) in [5.41, 5.74) is 4.12. The maximum absolute atomic E-state index is 12.4. The van der Waals surface area contributed by atoms with E-state index in [0.717, 1.165) is 28.1 Å². The van der Waals surface area contributed by atoms with Gasteiger partial charge in [-0.15, -0.1) is 0 Å². The first-order chi connectivity index (χ1) is 10.1. The predicted octanol–water partition coefficient (Wildman–Crippen LogP) is 3.88. The summed E-state index contributed by atoms with van der Waals surface area (Å²) in [6.07, 6.45) is 0. The molecule has 2 aromatic rings. The van der Waals surface area contributed by atoms with Gasteiger partial charge in [0.2, 0.25) is 0 Å². The number of nitrogens with zero attached hydrogens (tertiary/aromatic N) is 1. The number of rotatable bonds is 1. The second-order valence-electron chi connectivity index (χ2n) is 5.24. The van der Waals surface area contributed by atoms with Gasteiger partial charge in [-0.05, 0) is 49.2 Å². The van der Waals surface area contributed by atoms with Gasteiger partial charge in [-0.1, -0.05) is 23.7 Å². The summed E-state index contributed by atoms with van der Waals surface area (Å²) in [6, 6.07) is 11.4. The molecule has 2 aromatic carbocycles. The SMILES string of the molecule is Cc1cccc(N2Cc3cc(Cl)ccc3OCC2=O)c1C. The Bertz CT molecular complexity index is 712. The van der Waals surface area contributed by atoms with Gasteiger partial charge in [0, 0.05) is 16.3 Å². The van der Waals surface area contributed by atoms with Crippen LogP contribution in [0.2, 0.25) is 5.02 Å². The molecule has 0 N–H and O–H groups in total. The van der Waals surface area contributed by atoms with Gasteiger partial charge in [0.15, 0.2) is 6.61 Å². The van der Waals surface area contributed by atoms with Crippen LogP contribution in [-0.2, 0) is 11.3 Å². The predicted molar refractivity (Wildman–Crippen MR) is 84.1 cm³/mol. The van der Waals surface area contributed by atoms with Crippen molar-refractivity contribution < 1.29 is 9.53 Å². The monoisotopic (exact) mass is 301 g/mol. The molecule has 0 spiro atoms. The summed E-state index contributed by atoms with van der Waals surface area (Å²) in [4.78, 5) is 14.2. The third-order valence-corrected chi connectivity index (χ3v) is 4.11. The largest absolute Gasteiger partial charge is 0.483 e. The number of fused-ring (bicyclic) bond motifs is 1. The third kappa shape index (κ3) is 2.61. The van der Waals surface area contributed by atoms with Gasteiger partial charge in [-0.25, -0.2) is 0 Å². The van der Waals surface area contributed by atoms with Crippen molar-refractivity contribution in [1.82, 2.24) is 0 Å². The number of carbonyl (C=O) groups excluding carboxylic acids is 1. The molecule has 0 saturated heterocycles. The van der Waals surface area contributed by atoms with E-state index < -0.39 is 0 Å². The van der Waals surface area contributed by atoms with Gasteiger partial charge in [0.05, 0.1) is 6.54 Å². The first-order valence-electron chi connectivity index (χ1n) is 6.84. The lowest BCUT2D eigenvalue weighted by Crippen LogP contribution is -2.32. The second-order valence-corrected chi connectivity index (χ2v) is 5.68. The van der Waals surface area contributed by atoms with Crippen LogP contribution in [0.25, 0.3) is 0 Å². The van der Waals surface area contributed by atoms with E-state index in [4.69, 9.17) is 16.3 Å². The van der Waals surface area contributed by atoms with Crippen molar-refractivity contribution in [3.63, 3.8) is 0 Å². The summed E-state index contributed by atoms with van der Waals surface area (Å²) in [5, 5.41) is 0.646. The minimum atomic E-state index is -0.0453. The zero-order chi connectivity index (χ0) is 15.0. The molecule has 108 valence electrons. The summed E-state index contributed by atoms with van der Waals surface area (Å²) < 4.78 is 5.59. The highest BCUT2D eigenvalue weighted by Gasteiger charge is 2.24. The number of anilines is 1. The van der Waals surface area contributed by atoms with Crippen LogP contribution < -0.4 is 9.64 Å². The topological polar surface area (TPSA) is 29.5 Å². The van der Waals surface area contributed by atoms with Crippen LogP contribution in [0.4, 0.5) is 5.69 Å². The van der Waals surface area contributed by atoms with Crippen molar-refractivity contribution in [2.24, 2.45) is 0 Å².